The molecule has 0 saturated heterocycles. The van der Waals surface area contributed by atoms with Gasteiger partial charge in [0, 0.05) is 16.1 Å². The minimum absolute atomic E-state index is 0.00930. The normalized spacial score (nSPS) is 11.2. The van der Waals surface area contributed by atoms with Crippen molar-refractivity contribution in [3.8, 4) is 5.75 Å². The summed E-state index contributed by atoms with van der Waals surface area (Å²) in [7, 11) is 0. The summed E-state index contributed by atoms with van der Waals surface area (Å²) in [6, 6.07) is 19.0. The number of carbonyl (C=O) groups is 1. The van der Waals surface area contributed by atoms with Crippen LogP contribution in [0.15, 0.2) is 82.1 Å². The van der Waals surface area contributed by atoms with Crippen LogP contribution in [0, 0.1) is 6.92 Å². The summed E-state index contributed by atoms with van der Waals surface area (Å²) in [6.45, 7) is 1.85. The van der Waals surface area contributed by atoms with E-state index in [1.165, 1.54) is 12.3 Å². The molecule has 0 bridgehead atoms. The Balaban J connectivity index is 1.70. The third kappa shape index (κ3) is 5.02. The van der Waals surface area contributed by atoms with Crippen molar-refractivity contribution in [2.45, 2.75) is 6.92 Å². The van der Waals surface area contributed by atoms with E-state index in [-0.39, 0.29) is 5.75 Å². The van der Waals surface area contributed by atoms with E-state index in [2.05, 4.69) is 20.8 Å². The Hall–Kier alpha value is -3.51. The highest BCUT2D eigenvalue weighted by atomic mass is 35.5. The Kier molecular flexibility index (Phi) is 6.14. The summed E-state index contributed by atoms with van der Waals surface area (Å²) in [5.41, 5.74) is 5.33. The second-order valence-corrected chi connectivity index (χ2v) is 6.35. The minimum Gasteiger partial charge on any atom is -0.507 e. The molecule has 0 saturated carbocycles. The van der Waals surface area contributed by atoms with Gasteiger partial charge in [0.25, 0.3) is 5.91 Å². The number of nitrogens with zero attached hydrogens (tertiary/aromatic N) is 3. The number of halogens is 1. The zero-order valence-corrected chi connectivity index (χ0v) is 15.8. The Labute approximate surface area is 167 Å². The van der Waals surface area contributed by atoms with E-state index in [0.29, 0.717) is 21.8 Å². The molecular weight excluding hydrogens is 376 g/mol. The number of hydrogen-bond acceptors (Lipinski definition) is 5. The smallest absolute Gasteiger partial charge is 0.271 e. The van der Waals surface area contributed by atoms with E-state index in [1.54, 1.807) is 30.3 Å². The maximum absolute atomic E-state index is 12.1. The molecule has 28 heavy (non-hydrogen) atoms. The minimum atomic E-state index is -0.405. The Morgan fingerprint density at radius 2 is 1.75 bits per heavy atom. The standard InChI is InChI=1S/C21H17ClN4O2/c1-14-7-8-15(12-19(14)22)21(28)26-23-13-16-11-18(9-10-20(16)27)25-24-17-5-3-2-4-6-17/h2-13,27H,1H3,(H,26,28)/b23-13-,25-24?. The van der Waals surface area contributed by atoms with Gasteiger partial charge in [0.05, 0.1) is 17.6 Å². The number of carbonyl (C=O) groups excluding carboxylic acids is 1. The van der Waals surface area contributed by atoms with Gasteiger partial charge in [-0.3, -0.25) is 4.79 Å². The van der Waals surface area contributed by atoms with E-state index >= 15 is 0 Å². The first kappa shape index (κ1) is 19.3. The van der Waals surface area contributed by atoms with Gasteiger partial charge in [0.15, 0.2) is 0 Å². The van der Waals surface area contributed by atoms with Gasteiger partial charge in [-0.1, -0.05) is 35.9 Å². The van der Waals surface area contributed by atoms with Crippen LogP contribution in [0.2, 0.25) is 5.02 Å². The quantitative estimate of drug-likeness (QED) is 0.339. The van der Waals surface area contributed by atoms with Gasteiger partial charge in [0.2, 0.25) is 0 Å². The number of aromatic hydroxyl groups is 1. The Bertz CT molecular complexity index is 1050. The van der Waals surface area contributed by atoms with Crippen molar-refractivity contribution in [1.29, 1.82) is 0 Å². The van der Waals surface area contributed by atoms with Crippen molar-refractivity contribution in [1.82, 2.24) is 5.43 Å². The maximum atomic E-state index is 12.1. The molecule has 3 aromatic carbocycles. The highest BCUT2D eigenvalue weighted by Gasteiger charge is 2.06. The van der Waals surface area contributed by atoms with Crippen LogP contribution in [-0.2, 0) is 0 Å². The highest BCUT2D eigenvalue weighted by molar-refractivity contribution is 6.31. The summed E-state index contributed by atoms with van der Waals surface area (Å²) in [5, 5.41) is 22.6. The third-order valence-corrected chi connectivity index (χ3v) is 4.26. The van der Waals surface area contributed by atoms with Crippen LogP contribution in [0.3, 0.4) is 0 Å². The number of aryl methyl sites for hydroxylation is 1. The van der Waals surface area contributed by atoms with Gasteiger partial charge >= 0.3 is 0 Å². The molecule has 2 N–H and O–H groups in total. The molecule has 0 unspecified atom stereocenters. The van der Waals surface area contributed by atoms with Crippen molar-refractivity contribution in [3.63, 3.8) is 0 Å². The van der Waals surface area contributed by atoms with Crippen LogP contribution in [0.25, 0.3) is 0 Å². The lowest BCUT2D eigenvalue weighted by molar-refractivity contribution is 0.0955. The van der Waals surface area contributed by atoms with Crippen molar-refractivity contribution < 1.29 is 9.90 Å². The van der Waals surface area contributed by atoms with Gasteiger partial charge < -0.3 is 5.11 Å². The number of phenols is 1. The fourth-order valence-corrected chi connectivity index (χ4v) is 2.46. The Morgan fingerprint density at radius 3 is 2.50 bits per heavy atom. The van der Waals surface area contributed by atoms with Crippen LogP contribution in [0.1, 0.15) is 21.5 Å². The summed E-state index contributed by atoms with van der Waals surface area (Å²) < 4.78 is 0. The first-order chi connectivity index (χ1) is 13.5. The molecule has 0 fully saturated rings. The molecule has 0 aliphatic heterocycles. The molecular formula is C21H17ClN4O2. The number of amides is 1. The SMILES string of the molecule is Cc1ccc(C(=O)N/N=C\c2cc(N=Nc3ccccc3)ccc2O)cc1Cl. The van der Waals surface area contributed by atoms with Crippen molar-refractivity contribution in [3.05, 3.63) is 88.4 Å². The molecule has 6 nitrogen and oxygen atoms in total. The van der Waals surface area contributed by atoms with Gasteiger partial charge in [-0.2, -0.15) is 15.3 Å². The number of benzene rings is 3. The van der Waals surface area contributed by atoms with Crippen molar-refractivity contribution in [2.75, 3.05) is 0 Å². The van der Waals surface area contributed by atoms with Crippen LogP contribution >= 0.6 is 11.6 Å². The summed E-state index contributed by atoms with van der Waals surface area (Å²) in [4.78, 5) is 12.1. The van der Waals surface area contributed by atoms with Gasteiger partial charge in [-0.05, 0) is 55.0 Å². The molecule has 0 atom stereocenters. The lowest BCUT2D eigenvalue weighted by atomic mass is 10.1. The monoisotopic (exact) mass is 392 g/mol. The number of rotatable bonds is 5. The van der Waals surface area contributed by atoms with E-state index in [9.17, 15) is 9.90 Å². The highest BCUT2D eigenvalue weighted by Crippen LogP contribution is 2.24. The molecule has 3 rings (SSSR count). The molecule has 7 heteroatoms. The lowest BCUT2D eigenvalue weighted by Gasteiger charge is -2.03. The summed E-state index contributed by atoms with van der Waals surface area (Å²) in [5.74, 6) is -0.396. The van der Waals surface area contributed by atoms with Crippen LogP contribution < -0.4 is 5.43 Å². The molecule has 0 spiro atoms. The molecule has 1 amide bonds. The van der Waals surface area contributed by atoms with Crippen LogP contribution in [0.5, 0.6) is 5.75 Å². The van der Waals surface area contributed by atoms with E-state index in [4.69, 9.17) is 11.6 Å². The first-order valence-corrected chi connectivity index (χ1v) is 8.80. The number of phenolic OH excluding ortho intramolecular Hbond substituents is 1. The van der Waals surface area contributed by atoms with Crippen molar-refractivity contribution >= 4 is 35.1 Å². The second kappa shape index (κ2) is 8.92. The van der Waals surface area contributed by atoms with Gasteiger partial charge in [-0.15, -0.1) is 0 Å². The topological polar surface area (TPSA) is 86.4 Å². The predicted octanol–water partition coefficient (Wildman–Crippen LogP) is 5.53. The number of hydrogen-bond donors (Lipinski definition) is 2. The van der Waals surface area contributed by atoms with Gasteiger partial charge in [-0.25, -0.2) is 5.43 Å². The number of nitrogens with one attached hydrogen (secondary N) is 1. The van der Waals surface area contributed by atoms with E-state index in [1.807, 2.05) is 37.3 Å². The van der Waals surface area contributed by atoms with E-state index < -0.39 is 5.91 Å². The van der Waals surface area contributed by atoms with Crippen molar-refractivity contribution in [2.24, 2.45) is 15.3 Å². The van der Waals surface area contributed by atoms with Crippen LogP contribution in [-0.4, -0.2) is 17.2 Å². The largest absolute Gasteiger partial charge is 0.507 e. The molecule has 0 aromatic heterocycles. The molecule has 0 heterocycles. The second-order valence-electron chi connectivity index (χ2n) is 5.94. The van der Waals surface area contributed by atoms with Crippen LogP contribution in [0.4, 0.5) is 11.4 Å². The summed E-state index contributed by atoms with van der Waals surface area (Å²) >= 11 is 6.03. The summed E-state index contributed by atoms with van der Waals surface area (Å²) in [6.07, 6.45) is 1.34. The lowest BCUT2D eigenvalue weighted by Crippen LogP contribution is -2.17. The number of hydrazone groups is 1. The molecule has 3 aromatic rings. The number of azo groups is 1. The average molecular weight is 393 g/mol. The third-order valence-electron chi connectivity index (χ3n) is 3.85. The molecule has 140 valence electrons. The molecule has 0 aliphatic carbocycles. The first-order valence-electron chi connectivity index (χ1n) is 8.42. The zero-order valence-electron chi connectivity index (χ0n) is 15.0. The van der Waals surface area contributed by atoms with Gasteiger partial charge in [0.1, 0.15) is 5.75 Å². The predicted molar refractivity (Wildman–Crippen MR) is 110 cm³/mol. The molecule has 0 aliphatic rings. The van der Waals surface area contributed by atoms with E-state index in [0.717, 1.165) is 11.3 Å². The maximum Gasteiger partial charge on any atom is 0.271 e. The average Bonchev–Trinajstić information content (AvgIpc) is 2.71. The zero-order chi connectivity index (χ0) is 19.9. The fraction of sp³-hybridized carbons (Fsp3) is 0.0476. The Morgan fingerprint density at radius 1 is 1.00 bits per heavy atom. The molecule has 0 radical (unpaired) electrons. The fourth-order valence-electron chi connectivity index (χ4n) is 2.28.